The average molecular weight is 383 g/mol. The Morgan fingerprint density at radius 2 is 1.57 bits per heavy atom. The van der Waals surface area contributed by atoms with Crippen molar-refractivity contribution in [2.45, 2.75) is 51.9 Å². The number of aryl methyl sites for hydroxylation is 1. The van der Waals surface area contributed by atoms with Gasteiger partial charge in [0.25, 0.3) is 5.91 Å². The predicted octanol–water partition coefficient (Wildman–Crippen LogP) is 2.48. The molecule has 0 unspecified atom stereocenters. The lowest BCUT2D eigenvalue weighted by Crippen LogP contribution is -2.54. The van der Waals surface area contributed by atoms with Crippen LogP contribution >= 0.6 is 0 Å². The topological polar surface area (TPSA) is 87.3 Å². The first-order chi connectivity index (χ1) is 13.4. The van der Waals surface area contributed by atoms with Crippen LogP contribution in [0.5, 0.6) is 0 Å². The van der Waals surface area contributed by atoms with E-state index >= 15 is 0 Å². The van der Waals surface area contributed by atoms with Crippen molar-refractivity contribution in [3.05, 3.63) is 35.4 Å². The Bertz CT molecular complexity index is 754. The van der Waals surface area contributed by atoms with Crippen molar-refractivity contribution in [3.8, 4) is 0 Å². The highest BCUT2D eigenvalue weighted by Gasteiger charge is 2.54. The van der Waals surface area contributed by atoms with E-state index in [9.17, 15) is 14.4 Å². The molecular formula is C22H29N3O3. The zero-order valence-corrected chi connectivity index (χ0v) is 16.4. The maximum Gasteiger partial charge on any atom is 0.269 e. The van der Waals surface area contributed by atoms with Gasteiger partial charge in [-0.1, -0.05) is 18.2 Å². The van der Waals surface area contributed by atoms with Gasteiger partial charge in [0.05, 0.1) is 0 Å². The van der Waals surface area contributed by atoms with Crippen molar-refractivity contribution < 1.29 is 14.4 Å². The van der Waals surface area contributed by atoms with Crippen molar-refractivity contribution in [1.29, 1.82) is 0 Å². The fraction of sp³-hybridized carbons (Fsp3) is 0.591. The Morgan fingerprint density at radius 1 is 0.964 bits per heavy atom. The van der Waals surface area contributed by atoms with Crippen molar-refractivity contribution in [2.75, 3.05) is 6.54 Å². The second-order valence-electron chi connectivity index (χ2n) is 9.02. The van der Waals surface area contributed by atoms with Gasteiger partial charge in [-0.3, -0.25) is 25.2 Å². The molecule has 3 N–H and O–H groups in total. The summed E-state index contributed by atoms with van der Waals surface area (Å²) >= 11 is 0. The van der Waals surface area contributed by atoms with E-state index in [2.05, 4.69) is 16.2 Å². The summed E-state index contributed by atoms with van der Waals surface area (Å²) in [4.78, 5) is 37.0. The molecule has 0 aliphatic heterocycles. The third-order valence-electron chi connectivity index (χ3n) is 6.86. The second kappa shape index (κ2) is 7.57. The summed E-state index contributed by atoms with van der Waals surface area (Å²) in [6, 6.07) is 7.19. The molecule has 4 fully saturated rings. The Balaban J connectivity index is 1.21. The molecule has 5 rings (SSSR count). The molecule has 6 nitrogen and oxygen atoms in total. The lowest BCUT2D eigenvalue weighted by molar-refractivity contribution is -0.146. The lowest BCUT2D eigenvalue weighted by Gasteiger charge is -2.55. The molecular weight excluding hydrogens is 354 g/mol. The molecule has 0 radical (unpaired) electrons. The van der Waals surface area contributed by atoms with Crippen LogP contribution in [0.15, 0.2) is 24.3 Å². The number of benzene rings is 1. The number of rotatable bonds is 5. The summed E-state index contributed by atoms with van der Waals surface area (Å²) in [5.74, 6) is 1.63. The van der Waals surface area contributed by atoms with Gasteiger partial charge < -0.3 is 5.32 Å². The molecule has 4 aliphatic rings. The lowest BCUT2D eigenvalue weighted by atomic mass is 9.49. The normalized spacial score (nSPS) is 30.0. The van der Waals surface area contributed by atoms with Gasteiger partial charge in [0.2, 0.25) is 11.8 Å². The van der Waals surface area contributed by atoms with Crippen LogP contribution in [0.2, 0.25) is 0 Å². The SMILES string of the molecule is Cc1ccccc1C(=O)NNC(=O)CCNC(=O)C12CC3CC(CC(C3)C1)C2. The minimum absolute atomic E-state index is 0.128. The highest BCUT2D eigenvalue weighted by Crippen LogP contribution is 2.60. The Morgan fingerprint density at radius 3 is 2.18 bits per heavy atom. The van der Waals surface area contributed by atoms with Crippen LogP contribution in [0.25, 0.3) is 0 Å². The quantitative estimate of drug-likeness (QED) is 0.683. The van der Waals surface area contributed by atoms with E-state index in [1.165, 1.54) is 19.3 Å². The fourth-order valence-electron chi connectivity index (χ4n) is 5.95. The molecule has 0 saturated heterocycles. The monoisotopic (exact) mass is 383 g/mol. The van der Waals surface area contributed by atoms with E-state index in [0.29, 0.717) is 12.1 Å². The molecule has 0 aromatic heterocycles. The summed E-state index contributed by atoms with van der Waals surface area (Å²) < 4.78 is 0. The van der Waals surface area contributed by atoms with Gasteiger partial charge in [-0.25, -0.2) is 0 Å². The number of hydrazine groups is 1. The Hall–Kier alpha value is -2.37. The molecule has 4 aliphatic carbocycles. The van der Waals surface area contributed by atoms with Gasteiger partial charge in [-0.15, -0.1) is 0 Å². The second-order valence-corrected chi connectivity index (χ2v) is 9.02. The molecule has 0 heterocycles. The molecule has 1 aromatic rings. The first kappa shape index (κ1) is 19.0. The van der Waals surface area contributed by atoms with Crippen molar-refractivity contribution >= 4 is 17.7 Å². The fourth-order valence-corrected chi connectivity index (χ4v) is 5.95. The molecule has 0 spiro atoms. The summed E-state index contributed by atoms with van der Waals surface area (Å²) in [5.41, 5.74) is 6.04. The highest BCUT2D eigenvalue weighted by atomic mass is 16.2. The minimum atomic E-state index is -0.343. The number of carbonyl (C=O) groups is 3. The van der Waals surface area contributed by atoms with E-state index in [0.717, 1.165) is 42.6 Å². The Labute approximate surface area is 165 Å². The molecule has 28 heavy (non-hydrogen) atoms. The summed E-state index contributed by atoms with van der Waals surface area (Å²) in [5, 5.41) is 2.99. The number of carbonyl (C=O) groups excluding carboxylic acids is 3. The van der Waals surface area contributed by atoms with Crippen molar-refractivity contribution in [1.82, 2.24) is 16.2 Å². The van der Waals surface area contributed by atoms with Crippen LogP contribution in [0.1, 0.15) is 60.9 Å². The van der Waals surface area contributed by atoms with E-state index in [1.807, 2.05) is 19.1 Å². The van der Waals surface area contributed by atoms with Crippen LogP contribution < -0.4 is 16.2 Å². The highest BCUT2D eigenvalue weighted by molar-refractivity contribution is 5.96. The maximum absolute atomic E-state index is 12.9. The first-order valence-corrected chi connectivity index (χ1v) is 10.4. The zero-order chi connectivity index (χ0) is 19.7. The van der Waals surface area contributed by atoms with Gasteiger partial charge in [-0.05, 0) is 74.8 Å². The largest absolute Gasteiger partial charge is 0.355 e. The number of amides is 3. The molecule has 4 bridgehead atoms. The molecule has 1 aromatic carbocycles. The predicted molar refractivity (Wildman–Crippen MR) is 105 cm³/mol. The zero-order valence-electron chi connectivity index (χ0n) is 16.4. The van der Waals surface area contributed by atoms with Gasteiger partial charge >= 0.3 is 0 Å². The van der Waals surface area contributed by atoms with Gasteiger partial charge in [0.15, 0.2) is 0 Å². The molecule has 3 amide bonds. The average Bonchev–Trinajstić information content (AvgIpc) is 2.65. The standard InChI is InChI=1S/C22H29N3O3/c1-14-4-2-3-5-18(14)20(27)25-24-19(26)6-7-23-21(28)22-11-15-8-16(12-22)10-17(9-15)13-22/h2-5,15-17H,6-13H2,1H3,(H,23,28)(H,24,26)(H,25,27). The van der Waals surface area contributed by atoms with Gasteiger partial charge in [0, 0.05) is 23.9 Å². The molecule has 4 saturated carbocycles. The Kier molecular flexibility index (Phi) is 5.13. The van der Waals surface area contributed by atoms with E-state index in [-0.39, 0.29) is 29.6 Å². The van der Waals surface area contributed by atoms with E-state index in [4.69, 9.17) is 0 Å². The summed E-state index contributed by atoms with van der Waals surface area (Å²) in [7, 11) is 0. The first-order valence-electron chi connectivity index (χ1n) is 10.4. The third-order valence-corrected chi connectivity index (χ3v) is 6.86. The number of nitrogens with one attached hydrogen (secondary N) is 3. The molecule has 150 valence electrons. The van der Waals surface area contributed by atoms with Gasteiger partial charge in [0.1, 0.15) is 0 Å². The van der Waals surface area contributed by atoms with E-state index < -0.39 is 0 Å². The van der Waals surface area contributed by atoms with Crippen molar-refractivity contribution in [3.63, 3.8) is 0 Å². The number of hydrogen-bond donors (Lipinski definition) is 3. The van der Waals surface area contributed by atoms with Crippen LogP contribution in [0, 0.1) is 30.1 Å². The van der Waals surface area contributed by atoms with Crippen LogP contribution in [-0.2, 0) is 9.59 Å². The van der Waals surface area contributed by atoms with E-state index in [1.54, 1.807) is 12.1 Å². The third kappa shape index (κ3) is 3.77. The van der Waals surface area contributed by atoms with Crippen LogP contribution in [-0.4, -0.2) is 24.3 Å². The van der Waals surface area contributed by atoms with Gasteiger partial charge in [-0.2, -0.15) is 0 Å². The molecule has 0 atom stereocenters. The summed E-state index contributed by atoms with van der Waals surface area (Å²) in [6.45, 7) is 2.14. The van der Waals surface area contributed by atoms with Crippen LogP contribution in [0.3, 0.4) is 0 Å². The minimum Gasteiger partial charge on any atom is -0.355 e. The smallest absolute Gasteiger partial charge is 0.269 e. The molecule has 6 heteroatoms. The van der Waals surface area contributed by atoms with Crippen molar-refractivity contribution in [2.24, 2.45) is 23.2 Å². The maximum atomic E-state index is 12.9. The number of hydrogen-bond acceptors (Lipinski definition) is 3. The van der Waals surface area contributed by atoms with Crippen LogP contribution in [0.4, 0.5) is 0 Å². The summed E-state index contributed by atoms with van der Waals surface area (Å²) in [6.07, 6.45) is 7.10.